The fourth-order valence-corrected chi connectivity index (χ4v) is 4.96. The lowest BCUT2D eigenvalue weighted by Crippen LogP contribution is -2.28. The Balaban J connectivity index is 1.70. The zero-order chi connectivity index (χ0) is 18.9. The SMILES string of the molecule is Cc1cc(C)c(S(=O)(=O)NCCCn2c(=O)[nH]c3ccccc32)c(C)c1. The molecule has 138 valence electrons. The van der Waals surface area contributed by atoms with Crippen LogP contribution in [0.3, 0.4) is 0 Å². The van der Waals surface area contributed by atoms with Crippen LogP contribution in [0.2, 0.25) is 0 Å². The van der Waals surface area contributed by atoms with Crippen LogP contribution in [0.1, 0.15) is 23.1 Å². The molecular formula is C19H23N3O3S. The minimum Gasteiger partial charge on any atom is -0.306 e. The van der Waals surface area contributed by atoms with Crippen molar-refractivity contribution in [3.63, 3.8) is 0 Å². The monoisotopic (exact) mass is 373 g/mol. The summed E-state index contributed by atoms with van der Waals surface area (Å²) in [6.45, 7) is 6.27. The Morgan fingerprint density at radius 2 is 1.73 bits per heavy atom. The van der Waals surface area contributed by atoms with Crippen LogP contribution < -0.4 is 10.4 Å². The number of nitrogens with zero attached hydrogens (tertiary/aromatic N) is 1. The Kier molecular flexibility index (Phi) is 5.02. The molecule has 0 unspecified atom stereocenters. The van der Waals surface area contributed by atoms with E-state index < -0.39 is 10.0 Å². The Morgan fingerprint density at radius 1 is 1.08 bits per heavy atom. The summed E-state index contributed by atoms with van der Waals surface area (Å²) < 4.78 is 29.6. The number of sulfonamides is 1. The second kappa shape index (κ2) is 7.09. The number of benzene rings is 2. The predicted molar refractivity (Wildman–Crippen MR) is 103 cm³/mol. The van der Waals surface area contributed by atoms with Crippen molar-refractivity contribution in [3.05, 3.63) is 63.6 Å². The lowest BCUT2D eigenvalue weighted by molar-refractivity contribution is 0.568. The van der Waals surface area contributed by atoms with Crippen LogP contribution in [0.5, 0.6) is 0 Å². The van der Waals surface area contributed by atoms with Gasteiger partial charge in [0.15, 0.2) is 0 Å². The first kappa shape index (κ1) is 18.4. The molecule has 3 aromatic rings. The predicted octanol–water partition coefficient (Wildman–Crippen LogP) is 2.62. The molecule has 7 heteroatoms. The number of imidazole rings is 1. The van der Waals surface area contributed by atoms with Gasteiger partial charge in [-0.2, -0.15) is 0 Å². The van der Waals surface area contributed by atoms with E-state index in [-0.39, 0.29) is 12.2 Å². The summed E-state index contributed by atoms with van der Waals surface area (Å²) in [4.78, 5) is 15.2. The number of hydrogen-bond acceptors (Lipinski definition) is 3. The summed E-state index contributed by atoms with van der Waals surface area (Å²) >= 11 is 0. The number of aromatic nitrogens is 2. The first-order chi connectivity index (χ1) is 12.3. The van der Waals surface area contributed by atoms with Crippen molar-refractivity contribution in [2.75, 3.05) is 6.54 Å². The number of aromatic amines is 1. The summed E-state index contributed by atoms with van der Waals surface area (Å²) in [5.41, 5.74) is 3.94. The van der Waals surface area contributed by atoms with Crippen molar-refractivity contribution in [1.82, 2.24) is 14.3 Å². The second-order valence-electron chi connectivity index (χ2n) is 6.58. The molecule has 0 amide bonds. The minimum absolute atomic E-state index is 0.181. The minimum atomic E-state index is -3.58. The highest BCUT2D eigenvalue weighted by atomic mass is 32.2. The summed E-state index contributed by atoms with van der Waals surface area (Å²) in [5, 5.41) is 0. The Bertz CT molecular complexity index is 1090. The Labute approximate surface area is 152 Å². The van der Waals surface area contributed by atoms with Gasteiger partial charge in [0.25, 0.3) is 0 Å². The van der Waals surface area contributed by atoms with Gasteiger partial charge in [-0.15, -0.1) is 0 Å². The molecule has 2 N–H and O–H groups in total. The quantitative estimate of drug-likeness (QED) is 0.652. The number of rotatable bonds is 6. The molecule has 1 aromatic heterocycles. The molecular weight excluding hydrogens is 350 g/mol. The molecule has 0 bridgehead atoms. The number of hydrogen-bond donors (Lipinski definition) is 2. The summed E-state index contributed by atoms with van der Waals surface area (Å²) in [6, 6.07) is 11.2. The van der Waals surface area contributed by atoms with Gasteiger partial charge < -0.3 is 4.98 Å². The highest BCUT2D eigenvalue weighted by Crippen LogP contribution is 2.21. The van der Waals surface area contributed by atoms with Gasteiger partial charge >= 0.3 is 5.69 Å². The molecule has 1 heterocycles. The molecule has 0 fully saturated rings. The van der Waals surface area contributed by atoms with E-state index in [1.165, 1.54) is 0 Å². The Hall–Kier alpha value is -2.38. The lowest BCUT2D eigenvalue weighted by atomic mass is 10.1. The maximum Gasteiger partial charge on any atom is 0.326 e. The van der Waals surface area contributed by atoms with Gasteiger partial charge in [-0.1, -0.05) is 29.8 Å². The molecule has 0 radical (unpaired) electrons. The van der Waals surface area contributed by atoms with E-state index in [1.807, 2.05) is 43.3 Å². The summed E-state index contributed by atoms with van der Waals surface area (Å²) in [6.07, 6.45) is 0.519. The number of fused-ring (bicyclic) bond motifs is 1. The Morgan fingerprint density at radius 3 is 2.42 bits per heavy atom. The van der Waals surface area contributed by atoms with E-state index in [0.29, 0.717) is 17.9 Å². The van der Waals surface area contributed by atoms with Crippen LogP contribution in [0.4, 0.5) is 0 Å². The molecule has 0 aliphatic heterocycles. The number of aryl methyl sites for hydroxylation is 4. The first-order valence-electron chi connectivity index (χ1n) is 8.54. The van der Waals surface area contributed by atoms with Gasteiger partial charge in [-0.3, -0.25) is 4.57 Å². The maximum atomic E-state index is 12.6. The highest BCUT2D eigenvalue weighted by molar-refractivity contribution is 7.89. The average molecular weight is 373 g/mol. The normalized spacial score (nSPS) is 12.0. The van der Waals surface area contributed by atoms with Gasteiger partial charge in [0.2, 0.25) is 10.0 Å². The topological polar surface area (TPSA) is 84.0 Å². The molecule has 0 saturated carbocycles. The molecule has 0 aliphatic rings. The maximum absolute atomic E-state index is 12.6. The smallest absolute Gasteiger partial charge is 0.306 e. The van der Waals surface area contributed by atoms with Crippen LogP contribution >= 0.6 is 0 Å². The van der Waals surface area contributed by atoms with E-state index in [4.69, 9.17) is 0 Å². The number of nitrogens with one attached hydrogen (secondary N) is 2. The van der Waals surface area contributed by atoms with Crippen LogP contribution in [-0.2, 0) is 16.6 Å². The lowest BCUT2D eigenvalue weighted by Gasteiger charge is -2.13. The van der Waals surface area contributed by atoms with Crippen molar-refractivity contribution < 1.29 is 8.42 Å². The van der Waals surface area contributed by atoms with Crippen molar-refractivity contribution in [2.45, 2.75) is 38.6 Å². The van der Waals surface area contributed by atoms with E-state index >= 15 is 0 Å². The molecule has 2 aromatic carbocycles. The molecule has 0 atom stereocenters. The van der Waals surface area contributed by atoms with Crippen LogP contribution in [-0.4, -0.2) is 24.5 Å². The molecule has 0 saturated heterocycles. The van der Waals surface area contributed by atoms with Gasteiger partial charge in [-0.25, -0.2) is 17.9 Å². The van der Waals surface area contributed by atoms with Gasteiger partial charge in [0, 0.05) is 13.1 Å². The van der Waals surface area contributed by atoms with Gasteiger partial charge in [-0.05, 0) is 50.5 Å². The summed E-state index contributed by atoms with van der Waals surface area (Å²) in [7, 11) is -3.58. The largest absolute Gasteiger partial charge is 0.326 e. The van der Waals surface area contributed by atoms with Crippen molar-refractivity contribution >= 4 is 21.1 Å². The second-order valence-corrected chi connectivity index (χ2v) is 8.28. The first-order valence-corrected chi connectivity index (χ1v) is 10.0. The van der Waals surface area contributed by atoms with E-state index in [2.05, 4.69) is 9.71 Å². The van der Waals surface area contributed by atoms with E-state index in [1.54, 1.807) is 18.4 Å². The van der Waals surface area contributed by atoms with Crippen LogP contribution in [0.25, 0.3) is 11.0 Å². The van der Waals surface area contributed by atoms with E-state index in [0.717, 1.165) is 27.7 Å². The van der Waals surface area contributed by atoms with Gasteiger partial charge in [0.1, 0.15) is 0 Å². The van der Waals surface area contributed by atoms with Crippen molar-refractivity contribution in [3.8, 4) is 0 Å². The highest BCUT2D eigenvalue weighted by Gasteiger charge is 2.19. The van der Waals surface area contributed by atoms with Gasteiger partial charge in [0.05, 0.1) is 15.9 Å². The fourth-order valence-electron chi connectivity index (χ4n) is 3.44. The molecule has 6 nitrogen and oxygen atoms in total. The summed E-state index contributed by atoms with van der Waals surface area (Å²) in [5.74, 6) is 0. The third-order valence-electron chi connectivity index (χ3n) is 4.41. The van der Waals surface area contributed by atoms with Crippen molar-refractivity contribution in [1.29, 1.82) is 0 Å². The zero-order valence-corrected chi connectivity index (χ0v) is 16.0. The fraction of sp³-hybridized carbons (Fsp3) is 0.316. The van der Waals surface area contributed by atoms with Crippen LogP contribution in [0.15, 0.2) is 46.1 Å². The third-order valence-corrected chi connectivity index (χ3v) is 6.17. The van der Waals surface area contributed by atoms with Crippen molar-refractivity contribution in [2.24, 2.45) is 0 Å². The third kappa shape index (κ3) is 3.59. The molecule has 3 rings (SSSR count). The number of para-hydroxylation sites is 2. The molecule has 26 heavy (non-hydrogen) atoms. The molecule has 0 spiro atoms. The zero-order valence-electron chi connectivity index (χ0n) is 15.2. The standard InChI is InChI=1S/C19H23N3O3S/c1-13-11-14(2)18(15(3)12-13)26(24,25)20-9-6-10-22-17-8-5-4-7-16(17)21-19(22)23/h4-5,7-8,11-12,20H,6,9-10H2,1-3H3,(H,21,23). The van der Waals surface area contributed by atoms with E-state index in [9.17, 15) is 13.2 Å². The van der Waals surface area contributed by atoms with Crippen LogP contribution in [0, 0.1) is 20.8 Å². The average Bonchev–Trinajstić information content (AvgIpc) is 2.85. The molecule has 0 aliphatic carbocycles. The number of H-pyrrole nitrogens is 1.